The molecule has 2 aromatic rings. The molecular weight excluding hydrogens is 414 g/mol. The summed E-state index contributed by atoms with van der Waals surface area (Å²) in [6.45, 7) is 4.48. The number of carbonyl (C=O) groups is 2. The van der Waals surface area contributed by atoms with E-state index in [2.05, 4.69) is 15.8 Å². The topological polar surface area (TPSA) is 86.3 Å². The van der Waals surface area contributed by atoms with Crippen LogP contribution < -0.4 is 20.4 Å². The van der Waals surface area contributed by atoms with E-state index in [-0.39, 0.29) is 17.6 Å². The van der Waals surface area contributed by atoms with E-state index in [0.717, 1.165) is 22.7 Å². The van der Waals surface area contributed by atoms with Gasteiger partial charge in [0.1, 0.15) is 5.75 Å². The van der Waals surface area contributed by atoms with Gasteiger partial charge in [0.15, 0.2) is 5.17 Å². The largest absolute Gasteiger partial charge is 0.494 e. The number of rotatable bonds is 6. The number of fused-ring (bicyclic) bond motifs is 1. The second kappa shape index (κ2) is 9.13. The van der Waals surface area contributed by atoms with Crippen molar-refractivity contribution in [3.05, 3.63) is 66.5 Å². The first-order chi connectivity index (χ1) is 15.0. The predicted octanol–water partition coefficient (Wildman–Crippen LogP) is 3.09. The second-order valence-electron chi connectivity index (χ2n) is 6.97. The van der Waals surface area contributed by atoms with Gasteiger partial charge < -0.3 is 10.1 Å². The minimum atomic E-state index is -0.640. The molecule has 8 nitrogen and oxygen atoms in total. The van der Waals surface area contributed by atoms with Crippen molar-refractivity contribution in [1.82, 2.24) is 10.3 Å². The maximum absolute atomic E-state index is 13.0. The number of benzene rings is 2. The van der Waals surface area contributed by atoms with Crippen LogP contribution in [0.1, 0.15) is 12.5 Å². The minimum Gasteiger partial charge on any atom is -0.494 e. The molecule has 31 heavy (non-hydrogen) atoms. The van der Waals surface area contributed by atoms with Gasteiger partial charge in [0.05, 0.1) is 12.4 Å². The first-order valence-corrected chi connectivity index (χ1v) is 10.9. The molecule has 0 saturated heterocycles. The van der Waals surface area contributed by atoms with Gasteiger partial charge in [-0.15, -0.1) is 0 Å². The molecule has 0 aromatic heterocycles. The van der Waals surface area contributed by atoms with Crippen LogP contribution in [0.2, 0.25) is 0 Å². The summed E-state index contributed by atoms with van der Waals surface area (Å²) in [4.78, 5) is 28.5. The molecule has 0 spiro atoms. The summed E-state index contributed by atoms with van der Waals surface area (Å²) in [5, 5.41) is 7.69. The normalized spacial score (nSPS) is 17.2. The van der Waals surface area contributed by atoms with E-state index in [1.54, 1.807) is 22.2 Å². The molecule has 0 saturated carbocycles. The highest BCUT2D eigenvalue weighted by Crippen LogP contribution is 2.27. The van der Waals surface area contributed by atoms with E-state index in [1.165, 1.54) is 11.8 Å². The number of hydrogen-bond donors (Lipinski definition) is 2. The van der Waals surface area contributed by atoms with Crippen LogP contribution in [0.4, 0.5) is 11.4 Å². The molecule has 160 valence electrons. The van der Waals surface area contributed by atoms with Gasteiger partial charge >= 0.3 is 0 Å². The summed E-state index contributed by atoms with van der Waals surface area (Å²) >= 11 is 1.27. The van der Waals surface area contributed by atoms with Crippen molar-refractivity contribution in [2.75, 3.05) is 22.6 Å². The summed E-state index contributed by atoms with van der Waals surface area (Å²) in [7, 11) is 0. The number of nitrogens with one attached hydrogen (secondary N) is 2. The molecule has 1 unspecified atom stereocenters. The molecule has 2 aromatic carbocycles. The van der Waals surface area contributed by atoms with Crippen LogP contribution in [0.3, 0.4) is 0 Å². The van der Waals surface area contributed by atoms with E-state index < -0.39 is 6.17 Å². The third-order valence-electron chi connectivity index (χ3n) is 4.69. The Bertz CT molecular complexity index is 1040. The number of amidine groups is 1. The van der Waals surface area contributed by atoms with Gasteiger partial charge in [-0.1, -0.05) is 23.9 Å². The van der Waals surface area contributed by atoms with Crippen LogP contribution in [0, 0.1) is 6.92 Å². The van der Waals surface area contributed by atoms with Gasteiger partial charge in [-0.2, -0.15) is 5.10 Å². The van der Waals surface area contributed by atoms with Gasteiger partial charge in [0, 0.05) is 23.8 Å². The maximum atomic E-state index is 13.0. The Morgan fingerprint density at radius 1 is 1.23 bits per heavy atom. The number of thioether (sulfide) groups is 1. The highest BCUT2D eigenvalue weighted by atomic mass is 32.2. The van der Waals surface area contributed by atoms with Crippen molar-refractivity contribution in [2.24, 2.45) is 5.10 Å². The van der Waals surface area contributed by atoms with Crippen molar-refractivity contribution in [3.63, 3.8) is 0 Å². The Balaban J connectivity index is 1.36. The van der Waals surface area contributed by atoms with Crippen molar-refractivity contribution in [1.29, 1.82) is 0 Å². The van der Waals surface area contributed by atoms with E-state index in [1.807, 2.05) is 62.4 Å². The Hall–Kier alpha value is -3.46. The maximum Gasteiger partial charge on any atom is 0.276 e. The second-order valence-corrected chi connectivity index (χ2v) is 7.92. The molecule has 2 aliphatic heterocycles. The van der Waals surface area contributed by atoms with Crippen LogP contribution >= 0.6 is 11.8 Å². The molecule has 0 radical (unpaired) electrons. The molecule has 2 amide bonds. The molecule has 2 heterocycles. The monoisotopic (exact) mass is 437 g/mol. The van der Waals surface area contributed by atoms with E-state index in [9.17, 15) is 9.59 Å². The summed E-state index contributed by atoms with van der Waals surface area (Å²) in [6.07, 6.45) is 2.84. The Morgan fingerprint density at radius 2 is 2.03 bits per heavy atom. The molecule has 0 aliphatic carbocycles. The average molecular weight is 438 g/mol. The fraction of sp³-hybridized carbons (Fsp3) is 0.227. The molecule has 4 rings (SSSR count). The highest BCUT2D eigenvalue weighted by Gasteiger charge is 2.38. The van der Waals surface area contributed by atoms with Gasteiger partial charge in [-0.25, -0.2) is 0 Å². The lowest BCUT2D eigenvalue weighted by molar-refractivity contribution is -0.122. The number of nitrogens with zero attached hydrogens (tertiary/aromatic N) is 3. The van der Waals surface area contributed by atoms with Crippen molar-refractivity contribution < 1.29 is 14.3 Å². The fourth-order valence-electron chi connectivity index (χ4n) is 3.25. The number of carbonyl (C=O) groups excluding carboxylic acids is 2. The van der Waals surface area contributed by atoms with Gasteiger partial charge in [0.2, 0.25) is 12.1 Å². The zero-order valence-electron chi connectivity index (χ0n) is 17.2. The lowest BCUT2D eigenvalue weighted by atomic mass is 10.2. The number of anilines is 2. The van der Waals surface area contributed by atoms with Gasteiger partial charge in [-0.3, -0.25) is 24.8 Å². The fourth-order valence-corrected chi connectivity index (χ4v) is 4.02. The van der Waals surface area contributed by atoms with Crippen LogP contribution in [0.15, 0.2) is 66.0 Å². The highest BCUT2D eigenvalue weighted by molar-refractivity contribution is 8.14. The lowest BCUT2D eigenvalue weighted by Crippen LogP contribution is -2.52. The lowest BCUT2D eigenvalue weighted by Gasteiger charge is -2.31. The quantitative estimate of drug-likeness (QED) is 0.722. The Labute approximate surface area is 184 Å². The summed E-state index contributed by atoms with van der Waals surface area (Å²) in [5.74, 6) is 0.647. The molecule has 0 bridgehead atoms. The smallest absolute Gasteiger partial charge is 0.276 e. The molecule has 9 heteroatoms. The van der Waals surface area contributed by atoms with Crippen LogP contribution in [0.25, 0.3) is 0 Å². The number of hydrogen-bond acceptors (Lipinski definition) is 7. The predicted molar refractivity (Wildman–Crippen MR) is 123 cm³/mol. The molecule has 2 N–H and O–H groups in total. The number of aryl methyl sites for hydroxylation is 1. The Morgan fingerprint density at radius 3 is 2.77 bits per heavy atom. The average Bonchev–Trinajstić information content (AvgIpc) is 3.18. The molecular formula is C22H23N5O3S. The van der Waals surface area contributed by atoms with Crippen molar-refractivity contribution in [3.8, 4) is 5.75 Å². The minimum absolute atomic E-state index is 0.134. The zero-order chi connectivity index (χ0) is 21.8. The SMILES string of the molecule is CCOc1ccc(N2C=CN3C(SCC(=O)Nc4cccc(C)c4)=NNC3C2=O)cc1. The standard InChI is InChI=1S/C22H23N5O3S/c1-3-30-18-9-7-17(8-10-18)26-11-12-27-20(21(26)29)24-25-22(27)31-14-19(28)23-16-6-4-5-15(2)13-16/h4-13,20,24H,3,14H2,1-2H3,(H,23,28). The van der Waals surface area contributed by atoms with E-state index in [4.69, 9.17) is 4.74 Å². The van der Waals surface area contributed by atoms with E-state index >= 15 is 0 Å². The first kappa shape index (κ1) is 20.8. The van der Waals surface area contributed by atoms with Crippen molar-refractivity contribution in [2.45, 2.75) is 20.0 Å². The number of ether oxygens (including phenoxy) is 1. The third-order valence-corrected chi connectivity index (χ3v) is 5.66. The van der Waals surface area contributed by atoms with Crippen molar-refractivity contribution >= 4 is 40.1 Å². The van der Waals surface area contributed by atoms with Crippen LogP contribution in [-0.2, 0) is 9.59 Å². The summed E-state index contributed by atoms with van der Waals surface area (Å²) in [5.41, 5.74) is 5.44. The zero-order valence-corrected chi connectivity index (χ0v) is 18.1. The summed E-state index contributed by atoms with van der Waals surface area (Å²) < 4.78 is 5.45. The van der Waals surface area contributed by atoms with E-state index in [0.29, 0.717) is 11.8 Å². The van der Waals surface area contributed by atoms with Gasteiger partial charge in [-0.05, 0) is 55.8 Å². The molecule has 1 atom stereocenters. The number of hydrazone groups is 1. The number of amides is 2. The molecule has 2 aliphatic rings. The summed E-state index contributed by atoms with van der Waals surface area (Å²) in [6, 6.07) is 15.0. The molecule has 0 fully saturated rings. The van der Waals surface area contributed by atoms with Crippen LogP contribution in [-0.4, -0.2) is 40.4 Å². The third kappa shape index (κ3) is 4.66. The van der Waals surface area contributed by atoms with Crippen LogP contribution in [0.5, 0.6) is 5.75 Å². The van der Waals surface area contributed by atoms with Gasteiger partial charge in [0.25, 0.3) is 5.91 Å². The first-order valence-electron chi connectivity index (χ1n) is 9.90. The Kier molecular flexibility index (Phi) is 6.13.